The third kappa shape index (κ3) is 6.56. The van der Waals surface area contributed by atoms with Crippen molar-refractivity contribution in [2.45, 2.75) is 33.4 Å². The van der Waals surface area contributed by atoms with Crippen molar-refractivity contribution in [3.05, 3.63) is 65.7 Å². The molecule has 1 aliphatic rings. The summed E-state index contributed by atoms with van der Waals surface area (Å²) in [4.78, 5) is 28.9. The average molecular weight is 425 g/mol. The molecule has 1 unspecified atom stereocenters. The Labute approximate surface area is 184 Å². The minimum atomic E-state index is -0.853. The molecule has 0 amide bonds. The Balaban J connectivity index is 1.44. The Morgan fingerprint density at radius 1 is 0.839 bits per heavy atom. The smallest absolute Gasteiger partial charge is 0.320 e. The third-order valence-electron chi connectivity index (χ3n) is 5.57. The zero-order chi connectivity index (χ0) is 22.1. The second-order valence-electron chi connectivity index (χ2n) is 7.74. The Morgan fingerprint density at radius 2 is 1.45 bits per heavy atom. The fraction of sp³-hybridized carbons (Fsp3) is 0.440. The molecule has 0 aromatic heterocycles. The first kappa shape index (κ1) is 22.8. The molecule has 1 fully saturated rings. The second-order valence-corrected chi connectivity index (χ2v) is 7.74. The molecule has 0 bridgehead atoms. The molecule has 0 saturated carbocycles. The molecular formula is C25H32N2O4. The summed E-state index contributed by atoms with van der Waals surface area (Å²) in [5.74, 6) is -1.90. The predicted octanol–water partition coefficient (Wildman–Crippen LogP) is 3.64. The first-order chi connectivity index (χ1) is 15.1. The Kier molecular flexibility index (Phi) is 8.47. The number of piperazine rings is 1. The highest BCUT2D eigenvalue weighted by Crippen LogP contribution is 2.17. The molecule has 6 nitrogen and oxygen atoms in total. The minimum Gasteiger partial charge on any atom is -0.465 e. The van der Waals surface area contributed by atoms with Crippen LogP contribution in [0.15, 0.2) is 54.6 Å². The number of hydrogen-bond acceptors (Lipinski definition) is 6. The highest BCUT2D eigenvalue weighted by Gasteiger charge is 2.27. The SMILES string of the molecule is CCOC(=O)C(CC)C(=O)OCc1ccc(CN2CCN(c3ccccc3)CC2)cc1. The van der Waals surface area contributed by atoms with Gasteiger partial charge in [0.05, 0.1) is 6.61 Å². The van der Waals surface area contributed by atoms with Crippen LogP contribution in [0.3, 0.4) is 0 Å². The lowest BCUT2D eigenvalue weighted by Crippen LogP contribution is -2.45. The standard InChI is InChI=1S/C25H32N2O4/c1-3-23(24(28)30-4-2)25(29)31-19-21-12-10-20(11-13-21)18-26-14-16-27(17-15-26)22-8-6-5-7-9-22/h5-13,23H,3-4,14-19H2,1-2H3. The van der Waals surface area contributed by atoms with Gasteiger partial charge in [0.25, 0.3) is 0 Å². The monoisotopic (exact) mass is 424 g/mol. The second kappa shape index (κ2) is 11.5. The van der Waals surface area contributed by atoms with Crippen molar-refractivity contribution in [1.82, 2.24) is 4.90 Å². The molecule has 1 aliphatic heterocycles. The van der Waals surface area contributed by atoms with Crippen molar-refractivity contribution in [3.63, 3.8) is 0 Å². The summed E-state index contributed by atoms with van der Waals surface area (Å²) in [6.45, 7) is 8.92. The van der Waals surface area contributed by atoms with Gasteiger partial charge in [-0.05, 0) is 36.6 Å². The van der Waals surface area contributed by atoms with Crippen molar-refractivity contribution in [2.24, 2.45) is 5.92 Å². The lowest BCUT2D eigenvalue weighted by atomic mass is 10.1. The largest absolute Gasteiger partial charge is 0.465 e. The van der Waals surface area contributed by atoms with E-state index in [1.807, 2.05) is 18.2 Å². The van der Waals surface area contributed by atoms with Crippen molar-refractivity contribution in [2.75, 3.05) is 37.7 Å². The van der Waals surface area contributed by atoms with Gasteiger partial charge < -0.3 is 14.4 Å². The molecule has 1 heterocycles. The summed E-state index contributed by atoms with van der Waals surface area (Å²) in [6, 6.07) is 18.7. The first-order valence-corrected chi connectivity index (χ1v) is 11.0. The van der Waals surface area contributed by atoms with E-state index in [2.05, 4.69) is 46.2 Å². The van der Waals surface area contributed by atoms with Gasteiger partial charge >= 0.3 is 11.9 Å². The number of rotatable bonds is 9. The van der Waals surface area contributed by atoms with Crippen molar-refractivity contribution >= 4 is 17.6 Å². The molecule has 31 heavy (non-hydrogen) atoms. The summed E-state index contributed by atoms with van der Waals surface area (Å²) < 4.78 is 10.3. The summed E-state index contributed by atoms with van der Waals surface area (Å²) >= 11 is 0. The summed E-state index contributed by atoms with van der Waals surface area (Å²) in [7, 11) is 0. The molecule has 3 rings (SSSR count). The number of nitrogens with zero attached hydrogens (tertiary/aromatic N) is 2. The highest BCUT2D eigenvalue weighted by atomic mass is 16.6. The number of anilines is 1. The molecule has 0 aliphatic carbocycles. The number of esters is 2. The van der Waals surface area contributed by atoms with Gasteiger partial charge in [-0.15, -0.1) is 0 Å². The van der Waals surface area contributed by atoms with Crippen LogP contribution in [-0.4, -0.2) is 49.6 Å². The van der Waals surface area contributed by atoms with Gasteiger partial charge in [0, 0.05) is 38.4 Å². The van der Waals surface area contributed by atoms with Crippen LogP contribution in [0, 0.1) is 5.92 Å². The van der Waals surface area contributed by atoms with Gasteiger partial charge in [0.15, 0.2) is 5.92 Å². The molecule has 6 heteroatoms. The molecule has 0 radical (unpaired) electrons. The van der Waals surface area contributed by atoms with Crippen LogP contribution in [0.4, 0.5) is 5.69 Å². The van der Waals surface area contributed by atoms with Crippen LogP contribution in [-0.2, 0) is 32.2 Å². The summed E-state index contributed by atoms with van der Waals surface area (Å²) in [6.07, 6.45) is 0.369. The van der Waals surface area contributed by atoms with E-state index in [-0.39, 0.29) is 13.2 Å². The number of carbonyl (C=O) groups is 2. The molecule has 0 N–H and O–H groups in total. The van der Waals surface area contributed by atoms with Gasteiger partial charge in [-0.1, -0.05) is 49.4 Å². The van der Waals surface area contributed by atoms with E-state index in [0.717, 1.165) is 38.3 Å². The molecular weight excluding hydrogens is 392 g/mol. The van der Waals surface area contributed by atoms with Crippen LogP contribution in [0.5, 0.6) is 0 Å². The van der Waals surface area contributed by atoms with Gasteiger partial charge in [-0.3, -0.25) is 14.5 Å². The van der Waals surface area contributed by atoms with Crippen LogP contribution in [0.1, 0.15) is 31.4 Å². The third-order valence-corrected chi connectivity index (χ3v) is 5.57. The number of benzene rings is 2. The Bertz CT molecular complexity index is 830. The maximum Gasteiger partial charge on any atom is 0.320 e. The molecule has 2 aromatic carbocycles. The lowest BCUT2D eigenvalue weighted by molar-refractivity contribution is -0.162. The minimum absolute atomic E-state index is 0.158. The number of ether oxygens (including phenoxy) is 2. The van der Waals surface area contributed by atoms with E-state index in [1.54, 1.807) is 13.8 Å². The van der Waals surface area contributed by atoms with E-state index in [4.69, 9.17) is 9.47 Å². The quantitative estimate of drug-likeness (QED) is 0.452. The number of para-hydroxylation sites is 1. The van der Waals surface area contributed by atoms with Crippen LogP contribution in [0.2, 0.25) is 0 Å². The molecule has 2 aromatic rings. The van der Waals surface area contributed by atoms with Crippen molar-refractivity contribution in [3.8, 4) is 0 Å². The Hall–Kier alpha value is -2.86. The maximum atomic E-state index is 12.2. The molecule has 1 saturated heterocycles. The number of carbonyl (C=O) groups excluding carboxylic acids is 2. The average Bonchev–Trinajstić information content (AvgIpc) is 2.80. The van der Waals surface area contributed by atoms with Crippen LogP contribution >= 0.6 is 0 Å². The highest BCUT2D eigenvalue weighted by molar-refractivity contribution is 5.94. The molecule has 0 spiro atoms. The van der Waals surface area contributed by atoms with E-state index < -0.39 is 17.9 Å². The normalized spacial score (nSPS) is 15.4. The van der Waals surface area contributed by atoms with Gasteiger partial charge in [0.2, 0.25) is 0 Å². The number of hydrogen-bond donors (Lipinski definition) is 0. The van der Waals surface area contributed by atoms with E-state index in [0.29, 0.717) is 6.42 Å². The molecule has 1 atom stereocenters. The molecule has 166 valence electrons. The van der Waals surface area contributed by atoms with Gasteiger partial charge in [-0.2, -0.15) is 0 Å². The fourth-order valence-corrected chi connectivity index (χ4v) is 3.73. The summed E-state index contributed by atoms with van der Waals surface area (Å²) in [5, 5.41) is 0. The van der Waals surface area contributed by atoms with Crippen LogP contribution in [0.25, 0.3) is 0 Å². The van der Waals surface area contributed by atoms with Crippen LogP contribution < -0.4 is 4.90 Å². The van der Waals surface area contributed by atoms with Crippen molar-refractivity contribution in [1.29, 1.82) is 0 Å². The predicted molar refractivity (Wildman–Crippen MR) is 121 cm³/mol. The first-order valence-electron chi connectivity index (χ1n) is 11.0. The Morgan fingerprint density at radius 3 is 2.06 bits per heavy atom. The lowest BCUT2D eigenvalue weighted by Gasteiger charge is -2.36. The maximum absolute atomic E-state index is 12.2. The van der Waals surface area contributed by atoms with E-state index in [9.17, 15) is 9.59 Å². The summed E-state index contributed by atoms with van der Waals surface area (Å²) in [5.41, 5.74) is 3.43. The zero-order valence-electron chi connectivity index (χ0n) is 18.5. The van der Waals surface area contributed by atoms with E-state index >= 15 is 0 Å². The topological polar surface area (TPSA) is 59.1 Å². The van der Waals surface area contributed by atoms with E-state index in [1.165, 1.54) is 11.3 Å². The van der Waals surface area contributed by atoms with Gasteiger partial charge in [-0.25, -0.2) is 0 Å². The van der Waals surface area contributed by atoms with Gasteiger partial charge in [0.1, 0.15) is 6.61 Å². The van der Waals surface area contributed by atoms with Crippen molar-refractivity contribution < 1.29 is 19.1 Å². The zero-order valence-corrected chi connectivity index (χ0v) is 18.5. The fourth-order valence-electron chi connectivity index (χ4n) is 3.73.